The number of benzene rings is 2. The molecular formula is C32H46FN3O5S. The molecule has 8 nitrogen and oxygen atoms in total. The molecule has 2 bridgehead atoms. The van der Waals surface area contributed by atoms with Crippen molar-refractivity contribution in [3.8, 4) is 5.75 Å². The Balaban J connectivity index is 1.50. The average molecular weight is 604 g/mol. The number of nitrogens with one attached hydrogen (secondary N) is 2. The summed E-state index contributed by atoms with van der Waals surface area (Å²) in [7, 11) is -3.51. The first kappa shape index (κ1) is 32.4. The number of aliphatic hydroxyl groups excluding tert-OH is 1. The van der Waals surface area contributed by atoms with Crippen molar-refractivity contribution >= 4 is 15.9 Å². The average Bonchev–Trinajstić information content (AvgIpc) is 3.75. The number of sulfonamides is 1. The number of carbonyl (C=O) groups is 1. The number of amides is 1. The molecule has 0 spiro atoms. The lowest BCUT2D eigenvalue weighted by atomic mass is 9.98. The third-order valence-electron chi connectivity index (χ3n) is 8.23. The number of halogens is 1. The van der Waals surface area contributed by atoms with Crippen molar-refractivity contribution < 1.29 is 27.4 Å². The molecule has 2 atom stereocenters. The van der Waals surface area contributed by atoms with E-state index < -0.39 is 28.0 Å². The molecule has 232 valence electrons. The fraction of sp³-hybridized carbons (Fsp3) is 0.594. The van der Waals surface area contributed by atoms with Gasteiger partial charge in [-0.05, 0) is 80.2 Å². The standard InChI is InChI=1S/C32H46FN3O5S/c1-3-14-36-15-5-6-16-41-28-20-25(19-27(33)22-28)21-29(35-31(38)11-8-17-42(36,39)40)30(37)23-34-32(12-13-32)26-10-7-9-24(4-2)18-26/h7,9-10,18-20,22,29-30,34,37H,3-6,8,11-17,21,23H2,1-2H3,(H,35,38)/t29-,30+/m0/s1. The van der Waals surface area contributed by atoms with Crippen LogP contribution in [0.5, 0.6) is 5.75 Å². The van der Waals surface area contributed by atoms with Crippen molar-refractivity contribution in [3.05, 3.63) is 65.0 Å². The molecule has 0 radical (unpaired) electrons. The Labute approximate surface area is 250 Å². The van der Waals surface area contributed by atoms with Gasteiger partial charge in [-0.15, -0.1) is 0 Å². The van der Waals surface area contributed by atoms with Crippen LogP contribution in [0.25, 0.3) is 0 Å². The maximum absolute atomic E-state index is 14.6. The zero-order valence-electron chi connectivity index (χ0n) is 24.9. The molecule has 1 fully saturated rings. The van der Waals surface area contributed by atoms with E-state index in [1.807, 2.05) is 6.92 Å². The van der Waals surface area contributed by atoms with Crippen molar-refractivity contribution in [2.75, 3.05) is 32.0 Å². The summed E-state index contributed by atoms with van der Waals surface area (Å²) >= 11 is 0. The smallest absolute Gasteiger partial charge is 0.220 e. The van der Waals surface area contributed by atoms with Gasteiger partial charge >= 0.3 is 0 Å². The van der Waals surface area contributed by atoms with Crippen LogP contribution in [0.15, 0.2) is 42.5 Å². The predicted octanol–water partition coefficient (Wildman–Crippen LogP) is 4.05. The topological polar surface area (TPSA) is 108 Å². The molecule has 42 heavy (non-hydrogen) atoms. The molecule has 1 amide bonds. The van der Waals surface area contributed by atoms with Gasteiger partial charge in [0.1, 0.15) is 11.6 Å². The fourth-order valence-corrected chi connectivity index (χ4v) is 7.26. The molecule has 2 aromatic carbocycles. The van der Waals surface area contributed by atoms with Gasteiger partial charge in [0.05, 0.1) is 24.5 Å². The Bertz CT molecular complexity index is 1300. The van der Waals surface area contributed by atoms with Crippen LogP contribution < -0.4 is 15.4 Å². The summed E-state index contributed by atoms with van der Waals surface area (Å²) in [6.07, 6.45) is 4.23. The molecule has 1 aliphatic heterocycles. The zero-order valence-corrected chi connectivity index (χ0v) is 25.7. The normalized spacial score (nSPS) is 22.4. The summed E-state index contributed by atoms with van der Waals surface area (Å²) in [6.45, 7) is 5.43. The van der Waals surface area contributed by atoms with E-state index in [4.69, 9.17) is 4.74 Å². The first-order chi connectivity index (χ1) is 20.1. The Morgan fingerprint density at radius 1 is 1.17 bits per heavy atom. The number of nitrogens with zero attached hydrogens (tertiary/aromatic N) is 1. The van der Waals surface area contributed by atoms with E-state index >= 15 is 0 Å². The largest absolute Gasteiger partial charge is 0.493 e. The first-order valence-electron chi connectivity index (χ1n) is 15.4. The van der Waals surface area contributed by atoms with Crippen molar-refractivity contribution in [1.29, 1.82) is 0 Å². The van der Waals surface area contributed by atoms with Crippen molar-refractivity contribution in [2.45, 2.75) is 89.3 Å². The first-order valence-corrected chi connectivity index (χ1v) is 17.0. The van der Waals surface area contributed by atoms with Crippen LogP contribution in [0.4, 0.5) is 4.39 Å². The van der Waals surface area contributed by atoms with E-state index in [0.717, 1.165) is 19.3 Å². The zero-order chi connectivity index (χ0) is 30.2. The van der Waals surface area contributed by atoms with Crippen LogP contribution >= 0.6 is 0 Å². The molecule has 1 aliphatic carbocycles. The lowest BCUT2D eigenvalue weighted by Gasteiger charge is -2.27. The lowest BCUT2D eigenvalue weighted by molar-refractivity contribution is -0.122. The highest BCUT2D eigenvalue weighted by atomic mass is 32.2. The number of hydrogen-bond acceptors (Lipinski definition) is 6. The van der Waals surface area contributed by atoms with Gasteiger partial charge < -0.3 is 20.5 Å². The molecule has 10 heteroatoms. The Kier molecular flexibility index (Phi) is 11.4. The SMILES string of the molecule is CCCN1CCCCOc2cc(F)cc(c2)C[C@@H]([C@H](O)CNC2(c3cccc(CC)c3)CC2)NC(=O)CCCS1(=O)=O. The van der Waals surface area contributed by atoms with Gasteiger partial charge in [0.2, 0.25) is 15.9 Å². The molecule has 2 aromatic rings. The van der Waals surface area contributed by atoms with E-state index in [9.17, 15) is 22.7 Å². The molecular weight excluding hydrogens is 557 g/mol. The maximum atomic E-state index is 14.6. The Morgan fingerprint density at radius 2 is 1.98 bits per heavy atom. The number of rotatable bonds is 8. The molecule has 1 heterocycles. The minimum Gasteiger partial charge on any atom is -0.493 e. The molecule has 1 saturated carbocycles. The minimum absolute atomic E-state index is 0.0150. The summed E-state index contributed by atoms with van der Waals surface area (Å²) in [6, 6.07) is 12.2. The molecule has 0 unspecified atom stereocenters. The van der Waals surface area contributed by atoms with Crippen molar-refractivity contribution in [3.63, 3.8) is 0 Å². The van der Waals surface area contributed by atoms with E-state index in [1.165, 1.54) is 27.6 Å². The third-order valence-corrected chi connectivity index (χ3v) is 10.2. The molecule has 4 rings (SSSR count). The van der Waals surface area contributed by atoms with Crippen LogP contribution in [-0.2, 0) is 33.2 Å². The number of carbonyl (C=O) groups excluding carboxylic acids is 1. The van der Waals surface area contributed by atoms with Crippen molar-refractivity contribution in [2.24, 2.45) is 0 Å². The molecule has 0 saturated heterocycles. The second-order valence-electron chi connectivity index (χ2n) is 11.6. The number of aryl methyl sites for hydroxylation is 1. The monoisotopic (exact) mass is 603 g/mol. The molecule has 3 N–H and O–H groups in total. The Morgan fingerprint density at radius 3 is 2.71 bits per heavy atom. The third kappa shape index (κ3) is 8.99. The van der Waals surface area contributed by atoms with Gasteiger partial charge in [0.25, 0.3) is 0 Å². The Hall–Kier alpha value is -2.53. The van der Waals surface area contributed by atoms with Gasteiger partial charge in [-0.2, -0.15) is 0 Å². The van der Waals surface area contributed by atoms with Gasteiger partial charge in [0.15, 0.2) is 0 Å². The van der Waals surface area contributed by atoms with Gasteiger partial charge in [-0.1, -0.05) is 38.1 Å². The number of fused-ring (bicyclic) bond motifs is 2. The minimum atomic E-state index is -3.51. The summed E-state index contributed by atoms with van der Waals surface area (Å²) < 4.78 is 47.9. The summed E-state index contributed by atoms with van der Waals surface area (Å²) in [5.74, 6) is -0.536. The summed E-state index contributed by atoms with van der Waals surface area (Å²) in [5.41, 5.74) is 2.85. The van der Waals surface area contributed by atoms with Gasteiger partial charge in [-0.25, -0.2) is 17.1 Å². The highest BCUT2D eigenvalue weighted by Gasteiger charge is 2.44. The van der Waals surface area contributed by atoms with Crippen LogP contribution in [0.2, 0.25) is 0 Å². The summed E-state index contributed by atoms with van der Waals surface area (Å²) in [4.78, 5) is 13.0. The van der Waals surface area contributed by atoms with Gasteiger partial charge in [0, 0.05) is 37.7 Å². The quantitative estimate of drug-likeness (QED) is 0.420. The lowest BCUT2D eigenvalue weighted by Crippen LogP contribution is -2.50. The van der Waals surface area contributed by atoms with E-state index in [-0.39, 0.29) is 43.0 Å². The second kappa shape index (κ2) is 14.8. The molecule has 0 aromatic heterocycles. The predicted molar refractivity (Wildman–Crippen MR) is 162 cm³/mol. The van der Waals surface area contributed by atoms with Crippen LogP contribution in [0, 0.1) is 5.82 Å². The summed E-state index contributed by atoms with van der Waals surface area (Å²) in [5, 5.41) is 17.8. The van der Waals surface area contributed by atoms with E-state index in [0.29, 0.717) is 50.3 Å². The van der Waals surface area contributed by atoms with E-state index in [2.05, 4.69) is 41.8 Å². The number of hydrogen-bond donors (Lipinski definition) is 3. The second-order valence-corrected chi connectivity index (χ2v) is 13.7. The molecule has 2 aliphatic rings. The maximum Gasteiger partial charge on any atom is 0.220 e. The van der Waals surface area contributed by atoms with Crippen LogP contribution in [0.1, 0.15) is 75.5 Å². The van der Waals surface area contributed by atoms with Gasteiger partial charge in [-0.3, -0.25) is 4.79 Å². The highest BCUT2D eigenvalue weighted by molar-refractivity contribution is 7.89. The highest BCUT2D eigenvalue weighted by Crippen LogP contribution is 2.45. The fourth-order valence-electron chi connectivity index (χ4n) is 5.63. The van der Waals surface area contributed by atoms with Crippen molar-refractivity contribution in [1.82, 2.24) is 14.9 Å². The number of ether oxygens (including phenoxy) is 1. The van der Waals surface area contributed by atoms with E-state index in [1.54, 1.807) is 6.07 Å². The number of aliphatic hydroxyl groups is 1. The van der Waals surface area contributed by atoms with Crippen LogP contribution in [-0.4, -0.2) is 67.9 Å². The van der Waals surface area contributed by atoms with Crippen LogP contribution in [0.3, 0.4) is 0 Å².